The predicted molar refractivity (Wildman–Crippen MR) is 97.0 cm³/mol. The molecule has 0 radical (unpaired) electrons. The van der Waals surface area contributed by atoms with E-state index in [1.165, 1.54) is 23.5 Å². The third-order valence-electron chi connectivity index (χ3n) is 4.22. The van der Waals surface area contributed by atoms with E-state index in [-0.39, 0.29) is 18.3 Å². The van der Waals surface area contributed by atoms with Gasteiger partial charge in [-0.3, -0.25) is 4.79 Å². The van der Waals surface area contributed by atoms with Crippen LogP contribution in [0, 0.1) is 12.7 Å². The van der Waals surface area contributed by atoms with Crippen LogP contribution in [0.4, 0.5) is 4.39 Å². The van der Waals surface area contributed by atoms with E-state index in [0.29, 0.717) is 33.9 Å². The summed E-state index contributed by atoms with van der Waals surface area (Å²) >= 11 is 1.28. The van der Waals surface area contributed by atoms with Crippen molar-refractivity contribution in [3.05, 3.63) is 57.8 Å². The molecule has 0 spiro atoms. The topological polar surface area (TPSA) is 81.9 Å². The van der Waals surface area contributed by atoms with E-state index in [1.807, 2.05) is 4.57 Å². The fraction of sp³-hybridized carbons (Fsp3) is 0.333. The highest BCUT2D eigenvalue weighted by Gasteiger charge is 2.26. The monoisotopic (exact) mass is 387 g/mol. The van der Waals surface area contributed by atoms with Crippen LogP contribution < -0.4 is 10.1 Å². The molecule has 2 aromatic heterocycles. The number of rotatable bonds is 7. The number of halogens is 1. The normalized spacial score (nSPS) is 13.6. The molecule has 1 saturated carbocycles. The van der Waals surface area contributed by atoms with Gasteiger partial charge in [-0.1, -0.05) is 0 Å². The number of thiazole rings is 1. The van der Waals surface area contributed by atoms with E-state index in [1.54, 1.807) is 25.4 Å². The average Bonchev–Trinajstić information content (AvgIpc) is 3.28. The van der Waals surface area contributed by atoms with Gasteiger partial charge in [0, 0.05) is 6.04 Å². The smallest absolute Gasteiger partial charge is 0.263 e. The maximum absolute atomic E-state index is 12.9. The van der Waals surface area contributed by atoms with Crippen molar-refractivity contribution in [3.63, 3.8) is 0 Å². The van der Waals surface area contributed by atoms with Crippen molar-refractivity contribution in [2.75, 3.05) is 0 Å². The number of amides is 1. The molecule has 1 aliphatic rings. The molecule has 0 saturated heterocycles. The molecule has 2 heterocycles. The number of nitrogens with zero attached hydrogens (tertiary/aromatic N) is 4. The summed E-state index contributed by atoms with van der Waals surface area (Å²) in [4.78, 5) is 17.4. The Bertz CT molecular complexity index is 949. The van der Waals surface area contributed by atoms with Gasteiger partial charge in [0.25, 0.3) is 5.91 Å². The molecule has 0 bridgehead atoms. The van der Waals surface area contributed by atoms with Crippen molar-refractivity contribution in [1.29, 1.82) is 0 Å². The molecule has 3 aromatic rings. The van der Waals surface area contributed by atoms with Gasteiger partial charge in [0.05, 0.1) is 12.2 Å². The van der Waals surface area contributed by atoms with Crippen molar-refractivity contribution in [1.82, 2.24) is 25.1 Å². The summed E-state index contributed by atoms with van der Waals surface area (Å²) in [5, 5.41) is 11.6. The molecule has 0 aliphatic heterocycles. The summed E-state index contributed by atoms with van der Waals surface area (Å²) in [6.45, 7) is 2.34. The minimum Gasteiger partial charge on any atom is -0.486 e. The van der Waals surface area contributed by atoms with E-state index < -0.39 is 0 Å². The quantitative estimate of drug-likeness (QED) is 0.674. The molecule has 1 aromatic carbocycles. The second-order valence-electron chi connectivity index (χ2n) is 6.33. The van der Waals surface area contributed by atoms with Crippen LogP contribution in [0.15, 0.2) is 30.6 Å². The van der Waals surface area contributed by atoms with Crippen molar-refractivity contribution in [2.24, 2.45) is 0 Å². The van der Waals surface area contributed by atoms with Gasteiger partial charge in [-0.25, -0.2) is 9.37 Å². The molecule has 140 valence electrons. The van der Waals surface area contributed by atoms with Gasteiger partial charge in [-0.05, 0) is 44.0 Å². The first-order valence-corrected chi connectivity index (χ1v) is 9.43. The Hall–Kier alpha value is -2.81. The van der Waals surface area contributed by atoms with Crippen LogP contribution in [-0.4, -0.2) is 25.7 Å². The molecule has 1 aliphatic carbocycles. The second-order valence-corrected chi connectivity index (χ2v) is 7.42. The summed E-state index contributed by atoms with van der Waals surface area (Å²) in [6.07, 6.45) is 3.97. The van der Waals surface area contributed by atoms with Crippen LogP contribution in [0.2, 0.25) is 0 Å². The molecule has 0 atom stereocenters. The van der Waals surface area contributed by atoms with Crippen LogP contribution in [0.3, 0.4) is 0 Å². The minimum atomic E-state index is -0.316. The Morgan fingerprint density at radius 3 is 2.89 bits per heavy atom. The van der Waals surface area contributed by atoms with E-state index in [0.717, 1.165) is 18.7 Å². The number of benzene rings is 1. The highest BCUT2D eigenvalue weighted by Crippen LogP contribution is 2.35. The van der Waals surface area contributed by atoms with Crippen LogP contribution in [0.5, 0.6) is 5.75 Å². The Labute approximate surface area is 159 Å². The van der Waals surface area contributed by atoms with Crippen molar-refractivity contribution < 1.29 is 13.9 Å². The molecule has 9 heteroatoms. The standard InChI is InChI=1S/C18H18FN5O2S/c1-11-17(18(25)20-8-15-23-21-10-24(15)13-4-5-13)27-16(22-11)9-26-14-6-2-12(19)3-7-14/h2-3,6-7,10,13H,4-5,8-9H2,1H3,(H,20,25). The van der Waals surface area contributed by atoms with Gasteiger partial charge in [0.15, 0.2) is 5.82 Å². The largest absolute Gasteiger partial charge is 0.486 e. The Morgan fingerprint density at radius 2 is 2.15 bits per heavy atom. The molecule has 1 amide bonds. The van der Waals surface area contributed by atoms with Crippen LogP contribution in [0.1, 0.15) is 45.1 Å². The van der Waals surface area contributed by atoms with E-state index >= 15 is 0 Å². The highest BCUT2D eigenvalue weighted by atomic mass is 32.1. The van der Waals surface area contributed by atoms with E-state index in [9.17, 15) is 9.18 Å². The summed E-state index contributed by atoms with van der Waals surface area (Å²) in [5.74, 6) is 0.801. The number of hydrogen-bond donors (Lipinski definition) is 1. The third kappa shape index (κ3) is 4.13. The lowest BCUT2D eigenvalue weighted by molar-refractivity contribution is 0.0952. The maximum Gasteiger partial charge on any atom is 0.263 e. The fourth-order valence-electron chi connectivity index (χ4n) is 2.69. The summed E-state index contributed by atoms with van der Waals surface area (Å²) in [6, 6.07) is 6.25. The fourth-order valence-corrected chi connectivity index (χ4v) is 3.59. The van der Waals surface area contributed by atoms with Crippen molar-refractivity contribution >= 4 is 17.2 Å². The van der Waals surface area contributed by atoms with Gasteiger partial charge in [-0.2, -0.15) is 0 Å². The number of aryl methyl sites for hydroxylation is 1. The summed E-state index contributed by atoms with van der Waals surface area (Å²) < 4.78 is 20.5. The van der Waals surface area contributed by atoms with Crippen molar-refractivity contribution in [3.8, 4) is 5.75 Å². The number of aromatic nitrogens is 4. The molecule has 4 rings (SSSR count). The molecular formula is C18H18FN5O2S. The second kappa shape index (κ2) is 7.43. The van der Waals surface area contributed by atoms with Crippen LogP contribution in [-0.2, 0) is 13.2 Å². The molecular weight excluding hydrogens is 369 g/mol. The number of carbonyl (C=O) groups excluding carboxylic acids is 1. The summed E-state index contributed by atoms with van der Waals surface area (Å²) in [5.41, 5.74) is 0.652. The Kier molecular flexibility index (Phi) is 4.85. The van der Waals surface area contributed by atoms with Gasteiger partial charge < -0.3 is 14.6 Å². The molecule has 27 heavy (non-hydrogen) atoms. The number of ether oxygens (including phenoxy) is 1. The minimum absolute atomic E-state index is 0.191. The van der Waals surface area contributed by atoms with Gasteiger partial charge in [0.2, 0.25) is 0 Å². The molecule has 7 nitrogen and oxygen atoms in total. The summed E-state index contributed by atoms with van der Waals surface area (Å²) in [7, 11) is 0. The van der Waals surface area contributed by atoms with Crippen LogP contribution in [0.25, 0.3) is 0 Å². The van der Waals surface area contributed by atoms with Gasteiger partial charge >= 0.3 is 0 Å². The zero-order valence-electron chi connectivity index (χ0n) is 14.7. The Balaban J connectivity index is 1.36. The first kappa shape index (κ1) is 17.6. The molecule has 1 fully saturated rings. The SMILES string of the molecule is Cc1nc(COc2ccc(F)cc2)sc1C(=O)NCc1nncn1C1CC1. The first-order valence-electron chi connectivity index (χ1n) is 8.61. The van der Waals surface area contributed by atoms with Crippen molar-refractivity contribution in [2.45, 2.75) is 39.0 Å². The lowest BCUT2D eigenvalue weighted by Gasteiger charge is -2.06. The third-order valence-corrected chi connectivity index (χ3v) is 5.35. The number of nitrogens with one attached hydrogen (secondary N) is 1. The lowest BCUT2D eigenvalue weighted by atomic mass is 10.3. The van der Waals surface area contributed by atoms with E-state index in [4.69, 9.17) is 4.74 Å². The molecule has 1 N–H and O–H groups in total. The van der Waals surface area contributed by atoms with E-state index in [2.05, 4.69) is 20.5 Å². The maximum atomic E-state index is 12.9. The Morgan fingerprint density at radius 1 is 1.37 bits per heavy atom. The lowest BCUT2D eigenvalue weighted by Crippen LogP contribution is -2.24. The highest BCUT2D eigenvalue weighted by molar-refractivity contribution is 7.13. The van der Waals surface area contributed by atoms with Gasteiger partial charge in [-0.15, -0.1) is 21.5 Å². The molecule has 0 unspecified atom stereocenters. The zero-order chi connectivity index (χ0) is 18.8. The first-order chi connectivity index (χ1) is 13.1. The number of hydrogen-bond acceptors (Lipinski definition) is 6. The van der Waals surface area contributed by atoms with Gasteiger partial charge in [0.1, 0.15) is 34.4 Å². The van der Waals surface area contributed by atoms with Crippen LogP contribution >= 0.6 is 11.3 Å². The number of carbonyl (C=O) groups is 1. The predicted octanol–water partition coefficient (Wildman–Crippen LogP) is 3.03. The average molecular weight is 387 g/mol. The zero-order valence-corrected chi connectivity index (χ0v) is 15.5.